The molecule has 32 heavy (non-hydrogen) atoms. The van der Waals surface area contributed by atoms with Gasteiger partial charge in [-0.2, -0.15) is 0 Å². The zero-order valence-corrected chi connectivity index (χ0v) is 19.4. The molecule has 1 unspecified atom stereocenters. The van der Waals surface area contributed by atoms with Gasteiger partial charge in [0.1, 0.15) is 4.90 Å². The normalized spacial score (nSPS) is 19.8. The number of sulfonamides is 1. The molecule has 0 aromatic heterocycles. The van der Waals surface area contributed by atoms with E-state index in [1.807, 2.05) is 0 Å². The smallest absolute Gasteiger partial charge is 0.335 e. The van der Waals surface area contributed by atoms with Gasteiger partial charge >= 0.3 is 5.97 Å². The summed E-state index contributed by atoms with van der Waals surface area (Å²) in [5.41, 5.74) is 0.972. The van der Waals surface area contributed by atoms with Crippen LogP contribution in [0.1, 0.15) is 36.0 Å². The highest BCUT2D eigenvalue weighted by Gasteiger charge is 2.27. The number of carboxylic acids is 1. The number of halogens is 1. The number of anilines is 2. The minimum atomic E-state index is -3.99. The average molecular weight is 478 g/mol. The molecule has 9 heteroatoms. The molecule has 2 fully saturated rings. The summed E-state index contributed by atoms with van der Waals surface area (Å²) in [6, 6.07) is 10.8. The van der Waals surface area contributed by atoms with E-state index in [0.29, 0.717) is 11.6 Å². The van der Waals surface area contributed by atoms with Crippen LogP contribution < -0.4 is 9.62 Å². The summed E-state index contributed by atoms with van der Waals surface area (Å²) < 4.78 is 28.7. The number of nitrogens with one attached hydrogen (secondary N) is 1. The Labute approximate surface area is 194 Å². The van der Waals surface area contributed by atoms with Gasteiger partial charge in [-0.25, -0.2) is 13.2 Å². The third-order valence-corrected chi connectivity index (χ3v) is 8.05. The van der Waals surface area contributed by atoms with E-state index >= 15 is 0 Å². The van der Waals surface area contributed by atoms with E-state index in [1.54, 1.807) is 18.2 Å². The molecule has 2 aliphatic heterocycles. The standard InChI is InChI=1S/C23H28ClN3O4S/c24-19-7-1-2-8-22(19)32(30,31)25-20-14-18(23(28)29)9-10-21(20)27-13-5-6-17(16-27)15-26-11-3-4-12-26/h1-2,7-10,14,17,25H,3-6,11-13,15-16H2,(H,28,29). The second-order valence-corrected chi connectivity index (χ2v) is 10.6. The Hall–Kier alpha value is -2.29. The maximum absolute atomic E-state index is 13.1. The molecule has 2 heterocycles. The molecule has 2 aliphatic rings. The van der Waals surface area contributed by atoms with Crippen LogP contribution >= 0.6 is 11.6 Å². The summed E-state index contributed by atoms with van der Waals surface area (Å²) >= 11 is 6.12. The molecule has 2 aromatic carbocycles. The summed E-state index contributed by atoms with van der Waals surface area (Å²) in [4.78, 5) is 16.2. The van der Waals surface area contributed by atoms with Crippen LogP contribution in [0.4, 0.5) is 11.4 Å². The Balaban J connectivity index is 1.62. The van der Waals surface area contributed by atoms with Gasteiger partial charge in [0.05, 0.1) is 22.0 Å². The number of rotatable bonds is 7. The summed E-state index contributed by atoms with van der Waals surface area (Å²) in [5, 5.41) is 9.56. The van der Waals surface area contributed by atoms with E-state index in [1.165, 1.54) is 37.1 Å². The van der Waals surface area contributed by atoms with Gasteiger partial charge < -0.3 is 14.9 Å². The van der Waals surface area contributed by atoms with E-state index in [0.717, 1.165) is 45.6 Å². The van der Waals surface area contributed by atoms with Gasteiger partial charge in [0.25, 0.3) is 10.0 Å². The van der Waals surface area contributed by atoms with Gasteiger partial charge in [0.15, 0.2) is 0 Å². The number of aromatic carboxylic acids is 1. The average Bonchev–Trinajstić information content (AvgIpc) is 3.27. The second-order valence-electron chi connectivity index (χ2n) is 8.53. The number of likely N-dealkylation sites (tertiary alicyclic amines) is 1. The van der Waals surface area contributed by atoms with E-state index in [2.05, 4.69) is 14.5 Å². The molecule has 2 saturated heterocycles. The van der Waals surface area contributed by atoms with Crippen LogP contribution in [0.25, 0.3) is 0 Å². The summed E-state index contributed by atoms with van der Waals surface area (Å²) in [7, 11) is -3.99. The van der Waals surface area contributed by atoms with Gasteiger partial charge in [0.2, 0.25) is 0 Å². The van der Waals surface area contributed by atoms with E-state index < -0.39 is 16.0 Å². The SMILES string of the molecule is O=C(O)c1ccc(N2CCCC(CN3CCCC3)C2)c(NS(=O)(=O)c2ccccc2Cl)c1. The number of carboxylic acid groups (broad SMARTS) is 1. The van der Waals surface area contributed by atoms with Crippen LogP contribution in [-0.2, 0) is 10.0 Å². The van der Waals surface area contributed by atoms with E-state index in [4.69, 9.17) is 11.6 Å². The lowest BCUT2D eigenvalue weighted by Gasteiger charge is -2.37. The fourth-order valence-electron chi connectivity index (χ4n) is 4.65. The molecule has 0 aliphatic carbocycles. The lowest BCUT2D eigenvalue weighted by Crippen LogP contribution is -2.40. The molecule has 1 atom stereocenters. The first-order valence-electron chi connectivity index (χ1n) is 11.0. The Kier molecular flexibility index (Phi) is 6.93. The van der Waals surface area contributed by atoms with Crippen LogP contribution in [0.3, 0.4) is 0 Å². The van der Waals surface area contributed by atoms with Crippen molar-refractivity contribution in [3.63, 3.8) is 0 Å². The lowest BCUT2D eigenvalue weighted by atomic mass is 9.96. The maximum Gasteiger partial charge on any atom is 0.335 e. The van der Waals surface area contributed by atoms with Crippen molar-refractivity contribution in [3.05, 3.63) is 53.1 Å². The minimum absolute atomic E-state index is 0.0243. The molecular weight excluding hydrogens is 450 g/mol. The number of nitrogens with zero attached hydrogens (tertiary/aromatic N) is 2. The van der Waals surface area contributed by atoms with Crippen molar-refractivity contribution in [1.29, 1.82) is 0 Å². The van der Waals surface area contributed by atoms with Crippen molar-refractivity contribution < 1.29 is 18.3 Å². The van der Waals surface area contributed by atoms with Crippen molar-refractivity contribution in [2.75, 3.05) is 42.3 Å². The van der Waals surface area contributed by atoms with Gasteiger partial charge in [-0.1, -0.05) is 23.7 Å². The molecule has 0 saturated carbocycles. The number of piperidine rings is 1. The Morgan fingerprint density at radius 3 is 2.56 bits per heavy atom. The molecule has 0 radical (unpaired) electrons. The van der Waals surface area contributed by atoms with Crippen LogP contribution in [0, 0.1) is 5.92 Å². The Morgan fingerprint density at radius 2 is 1.84 bits per heavy atom. The molecule has 4 rings (SSSR count). The first-order chi connectivity index (χ1) is 15.3. The fraction of sp³-hybridized carbons (Fsp3) is 0.435. The largest absolute Gasteiger partial charge is 0.478 e. The molecule has 0 bridgehead atoms. The molecule has 0 spiro atoms. The van der Waals surface area contributed by atoms with Crippen LogP contribution in [0.2, 0.25) is 5.02 Å². The molecule has 2 N–H and O–H groups in total. The maximum atomic E-state index is 13.1. The number of hydrogen-bond donors (Lipinski definition) is 2. The Morgan fingerprint density at radius 1 is 1.09 bits per heavy atom. The molecule has 0 amide bonds. The lowest BCUT2D eigenvalue weighted by molar-refractivity contribution is 0.0697. The third-order valence-electron chi connectivity index (χ3n) is 6.19. The molecule has 2 aromatic rings. The highest BCUT2D eigenvalue weighted by Crippen LogP contribution is 2.34. The van der Waals surface area contributed by atoms with Crippen molar-refractivity contribution in [1.82, 2.24) is 4.90 Å². The van der Waals surface area contributed by atoms with Crippen molar-refractivity contribution in [2.45, 2.75) is 30.6 Å². The van der Waals surface area contributed by atoms with Crippen LogP contribution in [-0.4, -0.2) is 57.1 Å². The topological polar surface area (TPSA) is 89.9 Å². The highest BCUT2D eigenvalue weighted by atomic mass is 35.5. The zero-order valence-electron chi connectivity index (χ0n) is 17.8. The van der Waals surface area contributed by atoms with Crippen molar-refractivity contribution >= 4 is 39.0 Å². The van der Waals surface area contributed by atoms with Gasteiger partial charge in [-0.05, 0) is 75.0 Å². The second kappa shape index (κ2) is 9.68. The fourth-order valence-corrected chi connectivity index (χ4v) is 6.24. The van der Waals surface area contributed by atoms with Crippen LogP contribution in [0.15, 0.2) is 47.4 Å². The molecule has 172 valence electrons. The molecular formula is C23H28ClN3O4S. The first kappa shape index (κ1) is 22.9. The predicted molar refractivity (Wildman–Crippen MR) is 126 cm³/mol. The molecule has 7 nitrogen and oxygen atoms in total. The van der Waals surface area contributed by atoms with Crippen LogP contribution in [0.5, 0.6) is 0 Å². The van der Waals surface area contributed by atoms with E-state index in [9.17, 15) is 18.3 Å². The number of carbonyl (C=O) groups is 1. The van der Waals surface area contributed by atoms with E-state index in [-0.39, 0.29) is 21.2 Å². The minimum Gasteiger partial charge on any atom is -0.478 e. The van der Waals surface area contributed by atoms with Crippen molar-refractivity contribution in [2.24, 2.45) is 5.92 Å². The van der Waals surface area contributed by atoms with Crippen molar-refractivity contribution in [3.8, 4) is 0 Å². The first-order valence-corrected chi connectivity index (χ1v) is 12.8. The summed E-state index contributed by atoms with van der Waals surface area (Å²) in [5.74, 6) is -0.616. The van der Waals surface area contributed by atoms with Gasteiger partial charge in [-0.15, -0.1) is 0 Å². The monoisotopic (exact) mass is 477 g/mol. The quantitative estimate of drug-likeness (QED) is 0.622. The van der Waals surface area contributed by atoms with Gasteiger partial charge in [0, 0.05) is 19.6 Å². The Bertz CT molecular complexity index is 1090. The summed E-state index contributed by atoms with van der Waals surface area (Å²) in [6.45, 7) is 4.94. The predicted octanol–water partition coefficient (Wildman–Crippen LogP) is 4.15. The third kappa shape index (κ3) is 5.19. The highest BCUT2D eigenvalue weighted by molar-refractivity contribution is 7.92. The number of hydrogen-bond acceptors (Lipinski definition) is 5. The van der Waals surface area contributed by atoms with Gasteiger partial charge in [-0.3, -0.25) is 4.72 Å². The zero-order chi connectivity index (χ0) is 22.7. The number of benzene rings is 2. The summed E-state index contributed by atoms with van der Waals surface area (Å²) in [6.07, 6.45) is 4.65.